The van der Waals surface area contributed by atoms with Crippen molar-refractivity contribution in [3.63, 3.8) is 0 Å². The SMILES string of the molecule is COC(=O)c1[nH]c2ccc(C)cc2c1NC(=O)CCN1CCN(c2ccccc2F)CC1. The molecule has 1 aromatic heterocycles. The summed E-state index contributed by atoms with van der Waals surface area (Å²) in [5, 5.41) is 3.68. The van der Waals surface area contributed by atoms with Gasteiger partial charge in [-0.15, -0.1) is 0 Å². The first-order valence-corrected chi connectivity index (χ1v) is 10.7. The van der Waals surface area contributed by atoms with Crippen molar-refractivity contribution >= 4 is 34.2 Å². The number of hydrogen-bond donors (Lipinski definition) is 2. The Kier molecular flexibility index (Phi) is 6.41. The van der Waals surface area contributed by atoms with Gasteiger partial charge < -0.3 is 19.9 Å². The van der Waals surface area contributed by atoms with E-state index in [1.807, 2.05) is 36.1 Å². The van der Waals surface area contributed by atoms with E-state index in [0.29, 0.717) is 37.4 Å². The van der Waals surface area contributed by atoms with Crippen LogP contribution in [0.4, 0.5) is 15.8 Å². The number of aromatic nitrogens is 1. The van der Waals surface area contributed by atoms with Crippen LogP contribution in [0, 0.1) is 12.7 Å². The molecule has 0 radical (unpaired) electrons. The normalized spacial score (nSPS) is 14.5. The number of aromatic amines is 1. The molecule has 0 atom stereocenters. The lowest BCUT2D eigenvalue weighted by atomic mass is 10.1. The molecule has 7 nitrogen and oxygen atoms in total. The number of methoxy groups -OCH3 is 1. The van der Waals surface area contributed by atoms with Gasteiger partial charge in [0.1, 0.15) is 11.5 Å². The third kappa shape index (κ3) is 4.60. The summed E-state index contributed by atoms with van der Waals surface area (Å²) in [7, 11) is 1.31. The fraction of sp³-hybridized carbons (Fsp3) is 0.333. The van der Waals surface area contributed by atoms with Crippen LogP contribution in [0.3, 0.4) is 0 Å². The number of carbonyl (C=O) groups excluding carboxylic acids is 2. The number of nitrogens with zero attached hydrogens (tertiary/aromatic N) is 2. The fourth-order valence-corrected chi connectivity index (χ4v) is 4.07. The molecule has 2 aromatic carbocycles. The lowest BCUT2D eigenvalue weighted by Gasteiger charge is -2.36. The Balaban J connectivity index is 1.37. The van der Waals surface area contributed by atoms with Gasteiger partial charge in [0.05, 0.1) is 18.5 Å². The zero-order chi connectivity index (χ0) is 22.7. The van der Waals surface area contributed by atoms with E-state index in [4.69, 9.17) is 4.74 Å². The predicted molar refractivity (Wildman–Crippen MR) is 123 cm³/mol. The topological polar surface area (TPSA) is 77.7 Å². The van der Waals surface area contributed by atoms with Gasteiger partial charge in [0.2, 0.25) is 5.91 Å². The number of esters is 1. The van der Waals surface area contributed by atoms with E-state index in [1.54, 1.807) is 12.1 Å². The van der Waals surface area contributed by atoms with E-state index >= 15 is 0 Å². The van der Waals surface area contributed by atoms with Crippen molar-refractivity contribution in [2.24, 2.45) is 0 Å². The number of nitrogens with one attached hydrogen (secondary N) is 2. The van der Waals surface area contributed by atoms with E-state index in [-0.39, 0.29) is 17.4 Å². The smallest absolute Gasteiger partial charge is 0.356 e. The number of hydrogen-bond acceptors (Lipinski definition) is 5. The second-order valence-electron chi connectivity index (χ2n) is 7.99. The Morgan fingerprint density at radius 1 is 1.12 bits per heavy atom. The maximum atomic E-state index is 14.0. The largest absolute Gasteiger partial charge is 0.464 e. The number of anilines is 2. The number of H-pyrrole nitrogens is 1. The van der Waals surface area contributed by atoms with Gasteiger partial charge >= 0.3 is 5.97 Å². The molecule has 0 bridgehead atoms. The van der Waals surface area contributed by atoms with Crippen LogP contribution in [0.15, 0.2) is 42.5 Å². The zero-order valence-electron chi connectivity index (χ0n) is 18.3. The van der Waals surface area contributed by atoms with Crippen LogP contribution in [-0.2, 0) is 9.53 Å². The molecular weight excluding hydrogens is 411 g/mol. The summed E-state index contributed by atoms with van der Waals surface area (Å²) >= 11 is 0. The van der Waals surface area contributed by atoms with Gasteiger partial charge in [-0.2, -0.15) is 0 Å². The molecule has 1 fully saturated rings. The number of aryl methyl sites for hydroxylation is 1. The highest BCUT2D eigenvalue weighted by molar-refractivity contribution is 6.11. The highest BCUT2D eigenvalue weighted by Gasteiger charge is 2.22. The number of benzene rings is 2. The van der Waals surface area contributed by atoms with Crippen molar-refractivity contribution in [2.45, 2.75) is 13.3 Å². The highest BCUT2D eigenvalue weighted by Crippen LogP contribution is 2.29. The van der Waals surface area contributed by atoms with E-state index in [1.165, 1.54) is 13.2 Å². The van der Waals surface area contributed by atoms with Crippen LogP contribution in [0.5, 0.6) is 0 Å². The maximum Gasteiger partial charge on any atom is 0.356 e. The molecule has 2 N–H and O–H groups in total. The van der Waals surface area contributed by atoms with Gasteiger partial charge in [0, 0.05) is 50.0 Å². The van der Waals surface area contributed by atoms with E-state index in [9.17, 15) is 14.0 Å². The van der Waals surface area contributed by atoms with Crippen molar-refractivity contribution in [3.8, 4) is 0 Å². The molecule has 2 heterocycles. The van der Waals surface area contributed by atoms with Crippen LogP contribution in [0.25, 0.3) is 10.9 Å². The Morgan fingerprint density at radius 3 is 2.59 bits per heavy atom. The van der Waals surface area contributed by atoms with Crippen molar-refractivity contribution in [3.05, 3.63) is 59.5 Å². The molecule has 168 valence electrons. The van der Waals surface area contributed by atoms with Gasteiger partial charge in [-0.3, -0.25) is 9.69 Å². The number of para-hydroxylation sites is 1. The van der Waals surface area contributed by atoms with Crippen molar-refractivity contribution < 1.29 is 18.7 Å². The number of halogens is 1. The molecule has 1 aliphatic rings. The Labute approximate surface area is 186 Å². The van der Waals surface area contributed by atoms with Crippen LogP contribution in [0.2, 0.25) is 0 Å². The lowest BCUT2D eigenvalue weighted by Crippen LogP contribution is -2.47. The third-order valence-electron chi connectivity index (χ3n) is 5.83. The minimum Gasteiger partial charge on any atom is -0.464 e. The molecule has 0 aliphatic carbocycles. The summed E-state index contributed by atoms with van der Waals surface area (Å²) in [4.78, 5) is 32.2. The summed E-state index contributed by atoms with van der Waals surface area (Å²) in [6.07, 6.45) is 0.290. The Morgan fingerprint density at radius 2 is 1.88 bits per heavy atom. The molecule has 8 heteroatoms. The maximum absolute atomic E-state index is 14.0. The molecule has 1 aliphatic heterocycles. The first-order chi connectivity index (χ1) is 15.5. The molecule has 4 rings (SSSR count). The monoisotopic (exact) mass is 438 g/mol. The number of rotatable bonds is 6. The standard InChI is InChI=1S/C24H27FN4O3/c1-16-7-8-19-17(15-16)22(23(26-19)24(31)32-2)27-21(30)9-10-28-11-13-29(14-12-28)20-6-4-3-5-18(20)25/h3-8,15,26H,9-14H2,1-2H3,(H,27,30). The molecule has 0 spiro atoms. The van der Waals surface area contributed by atoms with Gasteiger partial charge in [-0.1, -0.05) is 23.8 Å². The second kappa shape index (κ2) is 9.40. The predicted octanol–water partition coefficient (Wildman–Crippen LogP) is 3.55. The summed E-state index contributed by atoms with van der Waals surface area (Å²) in [5.74, 6) is -0.914. The molecule has 32 heavy (non-hydrogen) atoms. The number of amides is 1. The first-order valence-electron chi connectivity index (χ1n) is 10.7. The van der Waals surface area contributed by atoms with Crippen molar-refractivity contribution in [1.29, 1.82) is 0 Å². The number of piperazine rings is 1. The summed E-state index contributed by atoms with van der Waals surface area (Å²) in [6.45, 7) is 5.46. The van der Waals surface area contributed by atoms with Gasteiger partial charge in [0.15, 0.2) is 0 Å². The number of carbonyl (C=O) groups is 2. The average molecular weight is 439 g/mol. The van der Waals surface area contributed by atoms with Crippen molar-refractivity contribution in [1.82, 2.24) is 9.88 Å². The number of ether oxygens (including phenoxy) is 1. The highest BCUT2D eigenvalue weighted by atomic mass is 19.1. The molecule has 0 saturated carbocycles. The van der Waals surface area contributed by atoms with Crippen LogP contribution in [-0.4, -0.2) is 61.6 Å². The van der Waals surface area contributed by atoms with E-state index in [2.05, 4.69) is 15.2 Å². The quantitative estimate of drug-likeness (QED) is 0.576. The van der Waals surface area contributed by atoms with Gasteiger partial charge in [0.25, 0.3) is 0 Å². The molecular formula is C24H27FN4O3. The van der Waals surface area contributed by atoms with Crippen LogP contribution >= 0.6 is 0 Å². The van der Waals surface area contributed by atoms with Crippen LogP contribution in [0.1, 0.15) is 22.5 Å². The summed E-state index contributed by atoms with van der Waals surface area (Å²) in [5.41, 5.74) is 3.09. The molecule has 1 saturated heterocycles. The summed E-state index contributed by atoms with van der Waals surface area (Å²) in [6, 6.07) is 12.5. The average Bonchev–Trinajstić information content (AvgIpc) is 3.15. The second-order valence-corrected chi connectivity index (χ2v) is 7.99. The zero-order valence-corrected chi connectivity index (χ0v) is 18.3. The van der Waals surface area contributed by atoms with Gasteiger partial charge in [-0.25, -0.2) is 9.18 Å². The fourth-order valence-electron chi connectivity index (χ4n) is 4.07. The first kappa shape index (κ1) is 21.8. The minimum absolute atomic E-state index is 0.172. The van der Waals surface area contributed by atoms with E-state index < -0.39 is 5.97 Å². The van der Waals surface area contributed by atoms with Crippen LogP contribution < -0.4 is 10.2 Å². The Hall–Kier alpha value is -3.39. The van der Waals surface area contributed by atoms with E-state index in [0.717, 1.165) is 29.6 Å². The number of fused-ring (bicyclic) bond motifs is 1. The molecule has 1 amide bonds. The summed E-state index contributed by atoms with van der Waals surface area (Å²) < 4.78 is 18.9. The lowest BCUT2D eigenvalue weighted by molar-refractivity contribution is -0.116. The molecule has 3 aromatic rings. The third-order valence-corrected chi connectivity index (χ3v) is 5.83. The van der Waals surface area contributed by atoms with Gasteiger partial charge in [-0.05, 0) is 31.2 Å². The Bertz CT molecular complexity index is 1140. The van der Waals surface area contributed by atoms with Crippen molar-refractivity contribution in [2.75, 3.05) is 50.1 Å². The molecule has 0 unspecified atom stereocenters. The minimum atomic E-state index is -0.529.